The molecule has 0 amide bonds. The molecule has 0 N–H and O–H groups in total. The quantitative estimate of drug-likeness (QED) is 0.145. The maximum atomic E-state index is 5.49. The van der Waals surface area contributed by atoms with Crippen molar-refractivity contribution in [3.05, 3.63) is 261 Å². The Bertz CT molecular complexity index is 3650. The predicted molar refractivity (Wildman–Crippen MR) is 280 cm³/mol. The van der Waals surface area contributed by atoms with Crippen LogP contribution in [-0.2, 0) is 0 Å². The third-order valence-electron chi connectivity index (χ3n) is 12.8. The second-order valence-corrected chi connectivity index (χ2v) is 17.0. The largest absolute Gasteiger partial charge is 0.306 e. The molecule has 3 nitrogen and oxygen atoms in total. The van der Waals surface area contributed by atoms with E-state index >= 15 is 0 Å². The van der Waals surface area contributed by atoms with Crippen molar-refractivity contribution in [2.24, 2.45) is 0 Å². The molecule has 0 atom stereocenters. The van der Waals surface area contributed by atoms with E-state index < -0.39 is 0 Å². The molecule has 314 valence electrons. The first-order valence-corrected chi connectivity index (χ1v) is 22.8. The second kappa shape index (κ2) is 17.2. The predicted octanol–water partition coefficient (Wildman–Crippen LogP) is 16.9. The van der Waals surface area contributed by atoms with E-state index in [4.69, 9.17) is 9.97 Å². The summed E-state index contributed by atoms with van der Waals surface area (Å²) < 4.78 is 2.32. The molecule has 2 heterocycles. The van der Waals surface area contributed by atoms with Crippen LogP contribution in [0.15, 0.2) is 261 Å². The monoisotopic (exact) mass is 853 g/mol. The van der Waals surface area contributed by atoms with E-state index in [1.54, 1.807) is 0 Å². The van der Waals surface area contributed by atoms with Crippen LogP contribution in [0.1, 0.15) is 0 Å². The Morgan fingerprint density at radius 3 is 1.16 bits per heavy atom. The van der Waals surface area contributed by atoms with Crippen LogP contribution in [0.3, 0.4) is 0 Å². The number of hydrogen-bond donors (Lipinski definition) is 0. The van der Waals surface area contributed by atoms with Gasteiger partial charge < -0.3 is 4.57 Å². The number of rotatable bonds is 9. The minimum Gasteiger partial charge on any atom is -0.306 e. The second-order valence-electron chi connectivity index (χ2n) is 17.0. The lowest BCUT2D eigenvalue weighted by Crippen LogP contribution is -2.00. The number of fused-ring (bicyclic) bond motifs is 3. The molecular formula is C64H43N3. The average molecular weight is 854 g/mol. The Kier molecular flexibility index (Phi) is 10.2. The molecule has 0 fully saturated rings. The van der Waals surface area contributed by atoms with Gasteiger partial charge in [-0.2, -0.15) is 0 Å². The topological polar surface area (TPSA) is 30.7 Å². The highest BCUT2D eigenvalue weighted by Crippen LogP contribution is 2.40. The fraction of sp³-hybridized carbons (Fsp3) is 0. The Balaban J connectivity index is 0.925. The van der Waals surface area contributed by atoms with E-state index in [-0.39, 0.29) is 0 Å². The van der Waals surface area contributed by atoms with Crippen molar-refractivity contribution >= 4 is 21.9 Å². The Morgan fingerprint density at radius 2 is 0.612 bits per heavy atom. The maximum Gasteiger partial charge on any atom is 0.160 e. The highest BCUT2D eigenvalue weighted by molar-refractivity contribution is 6.11. The van der Waals surface area contributed by atoms with Crippen molar-refractivity contribution in [3.63, 3.8) is 0 Å². The molecule has 0 aliphatic heterocycles. The molecule has 3 heteroatoms. The van der Waals surface area contributed by atoms with Gasteiger partial charge in [-0.15, -0.1) is 0 Å². The van der Waals surface area contributed by atoms with Crippen molar-refractivity contribution in [3.8, 4) is 95.1 Å². The smallest absolute Gasteiger partial charge is 0.160 e. The summed E-state index contributed by atoms with van der Waals surface area (Å²) in [5.41, 5.74) is 21.0. The summed E-state index contributed by atoms with van der Waals surface area (Å²) in [5.74, 6) is 0.686. The van der Waals surface area contributed by atoms with Gasteiger partial charge in [-0.05, 0) is 121 Å². The first-order chi connectivity index (χ1) is 33.2. The Labute approximate surface area is 390 Å². The molecule has 0 bridgehead atoms. The summed E-state index contributed by atoms with van der Waals surface area (Å²) in [4.78, 5) is 10.9. The van der Waals surface area contributed by atoms with Gasteiger partial charge in [-0.1, -0.05) is 206 Å². The van der Waals surface area contributed by atoms with Gasteiger partial charge in [-0.3, -0.25) is 0 Å². The van der Waals surface area contributed by atoms with E-state index in [1.165, 1.54) is 38.9 Å². The summed E-state index contributed by atoms with van der Waals surface area (Å²) >= 11 is 0. The minimum atomic E-state index is 0.686. The summed E-state index contributed by atoms with van der Waals surface area (Å²) in [7, 11) is 0. The van der Waals surface area contributed by atoms with Crippen LogP contribution in [0.5, 0.6) is 0 Å². The molecule has 0 saturated heterocycles. The van der Waals surface area contributed by atoms with E-state index in [9.17, 15) is 0 Å². The first kappa shape index (κ1) is 39.7. The molecule has 0 unspecified atom stereocenters. The van der Waals surface area contributed by atoms with Crippen molar-refractivity contribution < 1.29 is 0 Å². The van der Waals surface area contributed by atoms with E-state index in [1.807, 2.05) is 0 Å². The van der Waals surface area contributed by atoms with E-state index in [0.29, 0.717) is 5.82 Å². The number of benzene rings is 10. The molecule has 0 aliphatic carbocycles. The zero-order chi connectivity index (χ0) is 44.5. The van der Waals surface area contributed by atoms with Crippen molar-refractivity contribution in [2.75, 3.05) is 0 Å². The first-order valence-electron chi connectivity index (χ1n) is 22.8. The van der Waals surface area contributed by atoms with Crippen LogP contribution < -0.4 is 0 Å². The Hall–Kier alpha value is -8.92. The van der Waals surface area contributed by atoms with Crippen molar-refractivity contribution in [1.29, 1.82) is 0 Å². The lowest BCUT2D eigenvalue weighted by Gasteiger charge is -2.13. The van der Waals surface area contributed by atoms with Crippen LogP contribution in [0, 0.1) is 0 Å². The van der Waals surface area contributed by atoms with Crippen molar-refractivity contribution in [1.82, 2.24) is 14.5 Å². The lowest BCUT2D eigenvalue weighted by molar-refractivity contribution is 1.15. The third kappa shape index (κ3) is 7.69. The maximum absolute atomic E-state index is 5.49. The molecule has 10 aromatic carbocycles. The van der Waals surface area contributed by atoms with E-state index in [2.05, 4.69) is 265 Å². The summed E-state index contributed by atoms with van der Waals surface area (Å²) in [5, 5.41) is 1.09. The molecule has 2 aromatic heterocycles. The zero-order valence-electron chi connectivity index (χ0n) is 36.7. The summed E-state index contributed by atoms with van der Waals surface area (Å²) in [6.45, 7) is 0. The van der Waals surface area contributed by atoms with E-state index in [0.717, 1.165) is 72.3 Å². The molecule has 0 aliphatic rings. The number of para-hydroxylation sites is 2. The molecule has 0 radical (unpaired) electrons. The summed E-state index contributed by atoms with van der Waals surface area (Å²) in [6.07, 6.45) is 0. The van der Waals surface area contributed by atoms with Gasteiger partial charge in [0.05, 0.1) is 16.7 Å². The van der Waals surface area contributed by atoms with Gasteiger partial charge in [0.25, 0.3) is 0 Å². The number of hydrogen-bond acceptors (Lipinski definition) is 2. The average Bonchev–Trinajstić information content (AvgIpc) is 3.76. The van der Waals surface area contributed by atoms with Gasteiger partial charge in [0.1, 0.15) is 5.52 Å². The molecule has 12 rings (SSSR count). The van der Waals surface area contributed by atoms with Crippen LogP contribution in [0.25, 0.3) is 117 Å². The number of nitrogens with zero attached hydrogens (tertiary/aromatic N) is 3. The lowest BCUT2D eigenvalue weighted by atomic mass is 9.92. The zero-order valence-corrected chi connectivity index (χ0v) is 36.7. The van der Waals surface area contributed by atoms with Gasteiger partial charge in [0.2, 0.25) is 0 Å². The van der Waals surface area contributed by atoms with Gasteiger partial charge in [0.15, 0.2) is 5.82 Å². The van der Waals surface area contributed by atoms with Crippen LogP contribution in [0.2, 0.25) is 0 Å². The molecular weight excluding hydrogens is 811 g/mol. The third-order valence-corrected chi connectivity index (χ3v) is 12.8. The SMILES string of the molecule is c1ccc(-c2cc(-c3ccccc3)cc(-c3cccc(-c4ccc(-c5cccc(-c6nc(-c7cccc(-c8ccccc8)c7)c7c(n6)c6ccccc6n7-c6ccccc6)c5)cc4)c3)c2)cc1. The highest BCUT2D eigenvalue weighted by atomic mass is 15.0. The standard InChI is InChI=1S/C64H43N3/c1-5-18-44(19-6-1)50-25-16-28-53(39-50)61-63-62(59-32-13-14-33-60(59)67(63)58-30-11-4-12-31-58)66-64(65-61)54-29-17-26-51(40-54)48-36-34-47(35-37-48)49-24-15-27-52(38-49)57-42-55(45-20-7-2-8-21-45)41-56(43-57)46-22-9-3-10-23-46/h1-43H. The number of aromatic nitrogens is 3. The molecule has 0 spiro atoms. The summed E-state index contributed by atoms with van der Waals surface area (Å²) in [6, 6.07) is 93.0. The van der Waals surface area contributed by atoms with Gasteiger partial charge in [-0.25, -0.2) is 9.97 Å². The van der Waals surface area contributed by atoms with Gasteiger partial charge >= 0.3 is 0 Å². The van der Waals surface area contributed by atoms with Gasteiger partial charge in [0, 0.05) is 22.2 Å². The normalized spacial score (nSPS) is 11.3. The highest BCUT2D eigenvalue weighted by Gasteiger charge is 2.22. The van der Waals surface area contributed by atoms with Crippen molar-refractivity contribution in [2.45, 2.75) is 0 Å². The Morgan fingerprint density at radius 1 is 0.254 bits per heavy atom. The van der Waals surface area contributed by atoms with Crippen LogP contribution in [-0.4, -0.2) is 14.5 Å². The molecule has 67 heavy (non-hydrogen) atoms. The van der Waals surface area contributed by atoms with Crippen LogP contribution in [0.4, 0.5) is 0 Å². The molecule has 0 saturated carbocycles. The fourth-order valence-corrected chi connectivity index (χ4v) is 9.46. The minimum absolute atomic E-state index is 0.686. The van der Waals surface area contributed by atoms with Crippen LogP contribution >= 0.6 is 0 Å². The molecule has 12 aromatic rings. The fourth-order valence-electron chi connectivity index (χ4n) is 9.46.